The molecule has 1 fully saturated rings. The Kier molecular flexibility index (Phi) is 26.3. The van der Waals surface area contributed by atoms with E-state index in [9.17, 15) is 58.5 Å². The number of aliphatic hydroxyl groups excluding tert-OH is 1. The van der Waals surface area contributed by atoms with Gasteiger partial charge in [0.2, 0.25) is 53.2 Å². The fraction of sp³-hybridized carbons (Fsp3) is 0.491. The minimum Gasteiger partial charge on any atom is -0.508 e. The number of primary amides is 1. The SMILES string of the molecule is C[C@H]1NC(=O)[C@H](Cc2ccc(O)cc2)NC(=O)C(NC(=O)[C@@H](N)Cc2ccc(O)cc2)C(C)(C)SSC[C@@H](C(=O)N[C@@H](CCCCN)C(=O)N[C@@H](CCCCN)C(N)=O)NC(=O)[C@H](Cc2ccccc2)NC(=O)C(CO)NC1=O. The molecule has 3 aromatic rings. The van der Waals surface area contributed by atoms with Crippen molar-refractivity contribution < 1.29 is 58.5 Å². The molecule has 1 aliphatic heterocycles. The second-order valence-corrected chi connectivity index (χ2v) is 22.7. The average Bonchev–Trinajstić information content (AvgIpc) is 3.41. The molecule has 2 unspecified atom stereocenters. The lowest BCUT2D eigenvalue weighted by atomic mass is 9.98. The summed E-state index contributed by atoms with van der Waals surface area (Å²) in [5.41, 5.74) is 25.1. The molecule has 1 saturated heterocycles. The van der Waals surface area contributed by atoms with Crippen molar-refractivity contribution >= 4 is 74.8 Å². The van der Waals surface area contributed by atoms with Crippen molar-refractivity contribution in [2.24, 2.45) is 22.9 Å². The maximum Gasteiger partial charge on any atom is 0.245 e. The zero-order valence-electron chi connectivity index (χ0n) is 44.5. The average molecular weight is 1140 g/mol. The fourth-order valence-corrected chi connectivity index (χ4v) is 11.0. The minimum atomic E-state index is -1.68. The number of hydrogen-bond donors (Lipinski definition) is 15. The van der Waals surface area contributed by atoms with Gasteiger partial charge in [-0.3, -0.25) is 43.2 Å². The van der Waals surface area contributed by atoms with Crippen LogP contribution in [0.3, 0.4) is 0 Å². The first-order chi connectivity index (χ1) is 37.5. The molecule has 4 rings (SSSR count). The van der Waals surface area contributed by atoms with Crippen LogP contribution in [-0.2, 0) is 62.4 Å². The van der Waals surface area contributed by atoms with Gasteiger partial charge in [0, 0.05) is 23.3 Å². The van der Waals surface area contributed by atoms with Crippen molar-refractivity contribution in [1.82, 2.24) is 42.5 Å². The predicted octanol–water partition coefficient (Wildman–Crippen LogP) is -1.74. The van der Waals surface area contributed by atoms with Gasteiger partial charge in [-0.1, -0.05) is 76.2 Å². The normalized spacial score (nSPS) is 21.7. The number of hydrogen-bond acceptors (Lipinski definition) is 17. The first kappa shape index (κ1) is 64.6. The number of carbonyl (C=O) groups is 9. The van der Waals surface area contributed by atoms with Gasteiger partial charge in [0.1, 0.15) is 59.8 Å². The summed E-state index contributed by atoms with van der Waals surface area (Å²) in [7, 11) is 2.00. The lowest BCUT2D eigenvalue weighted by Gasteiger charge is -2.35. The molecule has 26 heteroatoms. The molecule has 9 amide bonds. The largest absolute Gasteiger partial charge is 0.508 e. The molecular weight excluding hydrogens is 1060 g/mol. The molecule has 19 N–H and O–H groups in total. The molecule has 0 aliphatic carbocycles. The number of nitrogens with one attached hydrogen (secondary N) is 8. The Morgan fingerprint density at radius 1 is 0.646 bits per heavy atom. The van der Waals surface area contributed by atoms with Gasteiger partial charge in [-0.2, -0.15) is 0 Å². The summed E-state index contributed by atoms with van der Waals surface area (Å²) in [5, 5.41) is 51.3. The van der Waals surface area contributed by atoms with Gasteiger partial charge in [0.25, 0.3) is 0 Å². The zero-order valence-corrected chi connectivity index (χ0v) is 46.2. The number of aromatic hydroxyl groups is 2. The Bertz CT molecular complexity index is 2530. The molecule has 3 aromatic carbocycles. The third kappa shape index (κ3) is 21.3. The van der Waals surface area contributed by atoms with Crippen LogP contribution >= 0.6 is 21.6 Å². The molecular formula is C53H76N12O12S2. The van der Waals surface area contributed by atoms with E-state index in [-0.39, 0.29) is 55.9 Å². The van der Waals surface area contributed by atoms with Gasteiger partial charge in [-0.25, -0.2) is 0 Å². The second kappa shape index (κ2) is 32.2. The van der Waals surface area contributed by atoms with Crippen LogP contribution in [0.2, 0.25) is 0 Å². The van der Waals surface area contributed by atoms with Crippen molar-refractivity contribution in [3.63, 3.8) is 0 Å². The minimum absolute atomic E-state index is 0.0118. The molecule has 0 bridgehead atoms. The topological polar surface area (TPSA) is 415 Å². The molecule has 79 heavy (non-hydrogen) atoms. The van der Waals surface area contributed by atoms with Crippen molar-refractivity contribution in [3.8, 4) is 11.5 Å². The van der Waals surface area contributed by atoms with Crippen LogP contribution < -0.4 is 65.5 Å². The van der Waals surface area contributed by atoms with E-state index in [0.29, 0.717) is 48.9 Å². The van der Waals surface area contributed by atoms with Crippen LogP contribution in [0.25, 0.3) is 0 Å². The summed E-state index contributed by atoms with van der Waals surface area (Å²) in [5.74, 6) is -8.20. The molecule has 0 aromatic heterocycles. The standard InChI is InChI=1S/C53H76N12O12S2/c1-30-45(70)63-41(28-66)50(75)61-40(26-31-11-5-4-6-12-31)49(74)64-42(51(76)60-38(14-8-10-24-55)47(72)59-37(44(57)69)13-7-9-23-54)29-78-79-53(2,3)43(65-46(71)36(56)25-32-15-19-34(67)20-16-32)52(77)62-39(48(73)58-30)27-33-17-21-35(68)22-18-33/h4-6,11-12,15-22,30,36-43,66-68H,7-10,13-14,23-29,54-56H2,1-3H3,(H2,57,69)(H,58,73)(H,59,72)(H,60,76)(H,61,75)(H,62,77)(H,63,70)(H,64,74)(H,65,71)/t30-,36+,37+,38+,39+,40+,41?,42+,43?/m1/s1. The van der Waals surface area contributed by atoms with E-state index in [0.717, 1.165) is 21.6 Å². The molecule has 24 nitrogen and oxygen atoms in total. The highest BCUT2D eigenvalue weighted by atomic mass is 33.1. The first-order valence-electron chi connectivity index (χ1n) is 25.9. The number of nitrogens with two attached hydrogens (primary N) is 4. The monoisotopic (exact) mass is 1140 g/mol. The summed E-state index contributed by atoms with van der Waals surface area (Å²) < 4.78 is -1.37. The maximum atomic E-state index is 14.8. The number of rotatable bonds is 22. The van der Waals surface area contributed by atoms with E-state index >= 15 is 0 Å². The van der Waals surface area contributed by atoms with Crippen molar-refractivity contribution in [2.45, 2.75) is 138 Å². The summed E-state index contributed by atoms with van der Waals surface area (Å²) in [6, 6.07) is 7.62. The number of aliphatic hydroxyl groups is 1. The summed E-state index contributed by atoms with van der Waals surface area (Å²) in [4.78, 5) is 126. The molecule has 1 aliphatic rings. The third-order valence-electron chi connectivity index (χ3n) is 12.8. The molecule has 0 saturated carbocycles. The third-order valence-corrected chi connectivity index (χ3v) is 16.1. The lowest BCUT2D eigenvalue weighted by molar-refractivity contribution is -0.136. The molecule has 9 atom stereocenters. The summed E-state index contributed by atoms with van der Waals surface area (Å²) in [6.07, 6.45) is 1.69. The van der Waals surface area contributed by atoms with Gasteiger partial charge >= 0.3 is 0 Å². The van der Waals surface area contributed by atoms with E-state index < -0.39 is 119 Å². The summed E-state index contributed by atoms with van der Waals surface area (Å²) >= 11 is 0. The van der Waals surface area contributed by atoms with E-state index in [4.69, 9.17) is 22.9 Å². The number of phenolic OH excluding ortho intramolecular Hbond substituents is 2. The Labute approximate surface area is 467 Å². The number of phenols is 2. The van der Waals surface area contributed by atoms with Gasteiger partial charge in [-0.05, 0) is 120 Å². The Balaban J connectivity index is 1.82. The van der Waals surface area contributed by atoms with Crippen LogP contribution in [0.1, 0.15) is 76.0 Å². The van der Waals surface area contributed by atoms with Gasteiger partial charge in [0.05, 0.1) is 12.6 Å². The smallest absolute Gasteiger partial charge is 0.245 e. The van der Waals surface area contributed by atoms with E-state index in [1.54, 1.807) is 56.3 Å². The second-order valence-electron chi connectivity index (χ2n) is 19.7. The Hall–Kier alpha value is -6.97. The van der Waals surface area contributed by atoms with Crippen molar-refractivity contribution in [2.75, 3.05) is 25.4 Å². The Morgan fingerprint density at radius 2 is 1.15 bits per heavy atom. The Morgan fingerprint density at radius 3 is 1.71 bits per heavy atom. The highest BCUT2D eigenvalue weighted by Gasteiger charge is 2.41. The summed E-state index contributed by atoms with van der Waals surface area (Å²) in [6.45, 7) is 4.14. The maximum absolute atomic E-state index is 14.8. The van der Waals surface area contributed by atoms with Gasteiger partial charge in [-0.15, -0.1) is 0 Å². The number of carbonyl (C=O) groups excluding carboxylic acids is 9. The van der Waals surface area contributed by atoms with Crippen molar-refractivity contribution in [1.29, 1.82) is 0 Å². The predicted molar refractivity (Wildman–Crippen MR) is 299 cm³/mol. The van der Waals surface area contributed by atoms with Crippen LogP contribution in [-0.4, -0.2) is 153 Å². The number of amides is 9. The van der Waals surface area contributed by atoms with Gasteiger partial charge in [0.15, 0.2) is 0 Å². The highest BCUT2D eigenvalue weighted by Crippen LogP contribution is 2.39. The molecule has 0 radical (unpaired) electrons. The van der Waals surface area contributed by atoms with Crippen molar-refractivity contribution in [3.05, 3.63) is 95.6 Å². The first-order valence-corrected chi connectivity index (χ1v) is 28.3. The molecule has 432 valence electrons. The van der Waals surface area contributed by atoms with E-state index in [1.807, 2.05) is 0 Å². The van der Waals surface area contributed by atoms with Gasteiger partial charge < -0.3 is 80.8 Å². The highest BCUT2D eigenvalue weighted by molar-refractivity contribution is 8.77. The number of unbranched alkanes of at least 4 members (excludes halogenated alkanes) is 2. The van der Waals surface area contributed by atoms with E-state index in [2.05, 4.69) is 42.5 Å². The van der Waals surface area contributed by atoms with Crippen LogP contribution in [0.5, 0.6) is 11.5 Å². The quantitative estimate of drug-likeness (QED) is 0.0392. The molecule has 0 spiro atoms. The van der Waals surface area contributed by atoms with Crippen LogP contribution in [0, 0.1) is 0 Å². The van der Waals surface area contributed by atoms with E-state index in [1.165, 1.54) is 43.3 Å². The number of benzene rings is 3. The fourth-order valence-electron chi connectivity index (χ4n) is 8.16. The molecule has 1 heterocycles. The van der Waals surface area contributed by atoms with Crippen LogP contribution in [0.15, 0.2) is 78.9 Å². The lowest BCUT2D eigenvalue weighted by Crippen LogP contribution is -2.63. The zero-order chi connectivity index (χ0) is 58.2. The van der Waals surface area contributed by atoms with Crippen LogP contribution in [0.4, 0.5) is 0 Å².